The molecule has 2 heterocycles. The first kappa shape index (κ1) is 21.3. The molecule has 1 fully saturated rings. The largest absolute Gasteiger partial charge is 0.489 e. The molecule has 7 heteroatoms. The SMILES string of the molecule is Br.CCN(C(=O)Cc1cc(Cl)c2c(c1)OCCCO2)C1CCN(C)CC1. The molecule has 0 N–H and O–H groups in total. The number of rotatable bonds is 4. The predicted molar refractivity (Wildman–Crippen MR) is 109 cm³/mol. The minimum atomic E-state index is 0. The van der Waals surface area contributed by atoms with Gasteiger partial charge in [-0.2, -0.15) is 0 Å². The lowest BCUT2D eigenvalue weighted by atomic mass is 10.0. The maximum absolute atomic E-state index is 12.9. The van der Waals surface area contributed by atoms with Gasteiger partial charge in [0.05, 0.1) is 24.7 Å². The Balaban J connectivity index is 0.00000243. The first-order valence-corrected chi connectivity index (χ1v) is 9.52. The third-order valence-corrected chi connectivity index (χ3v) is 5.29. The van der Waals surface area contributed by atoms with Crippen LogP contribution in [-0.4, -0.2) is 61.6 Å². The average molecular weight is 448 g/mol. The topological polar surface area (TPSA) is 42.0 Å². The van der Waals surface area contributed by atoms with E-state index in [9.17, 15) is 4.79 Å². The number of hydrogen-bond donors (Lipinski definition) is 0. The Kier molecular flexibility index (Phi) is 8.05. The van der Waals surface area contributed by atoms with Crippen molar-refractivity contribution in [2.75, 3.05) is 39.9 Å². The summed E-state index contributed by atoms with van der Waals surface area (Å²) in [4.78, 5) is 17.2. The zero-order chi connectivity index (χ0) is 17.8. The summed E-state index contributed by atoms with van der Waals surface area (Å²) in [7, 11) is 2.13. The fourth-order valence-electron chi connectivity index (χ4n) is 3.61. The number of likely N-dealkylation sites (tertiary alicyclic amines) is 1. The summed E-state index contributed by atoms with van der Waals surface area (Å²) in [5.74, 6) is 1.40. The molecule has 2 aliphatic rings. The maximum atomic E-state index is 12.9. The smallest absolute Gasteiger partial charge is 0.227 e. The van der Waals surface area contributed by atoms with Gasteiger partial charge in [0.1, 0.15) is 0 Å². The molecule has 1 aromatic carbocycles. The first-order valence-electron chi connectivity index (χ1n) is 9.14. The van der Waals surface area contributed by atoms with Crippen LogP contribution < -0.4 is 9.47 Å². The summed E-state index contributed by atoms with van der Waals surface area (Å²) in [6, 6.07) is 4.06. The number of carbonyl (C=O) groups is 1. The van der Waals surface area contributed by atoms with Gasteiger partial charge >= 0.3 is 0 Å². The fourth-order valence-corrected chi connectivity index (χ4v) is 3.90. The highest BCUT2D eigenvalue weighted by molar-refractivity contribution is 8.93. The van der Waals surface area contributed by atoms with Gasteiger partial charge in [0.25, 0.3) is 0 Å². The van der Waals surface area contributed by atoms with Crippen molar-refractivity contribution in [1.29, 1.82) is 0 Å². The minimum absolute atomic E-state index is 0. The molecule has 0 spiro atoms. The molecule has 26 heavy (non-hydrogen) atoms. The molecule has 146 valence electrons. The summed E-state index contributed by atoms with van der Waals surface area (Å²) in [6.45, 7) is 6.10. The van der Waals surface area contributed by atoms with E-state index in [0.717, 1.165) is 44.5 Å². The molecule has 0 aromatic heterocycles. The Morgan fingerprint density at radius 1 is 1.27 bits per heavy atom. The molecular formula is C19H28BrClN2O3. The summed E-state index contributed by atoms with van der Waals surface area (Å²) in [5, 5.41) is 0.518. The highest BCUT2D eigenvalue weighted by atomic mass is 79.9. The lowest BCUT2D eigenvalue weighted by molar-refractivity contribution is -0.133. The predicted octanol–water partition coefficient (Wildman–Crippen LogP) is 3.56. The van der Waals surface area contributed by atoms with Crippen LogP contribution in [-0.2, 0) is 11.2 Å². The third-order valence-electron chi connectivity index (χ3n) is 5.01. The van der Waals surface area contributed by atoms with Gasteiger partial charge in [-0.05, 0) is 57.6 Å². The summed E-state index contributed by atoms with van der Waals surface area (Å²) >= 11 is 6.35. The zero-order valence-electron chi connectivity index (χ0n) is 15.5. The highest BCUT2D eigenvalue weighted by Crippen LogP contribution is 2.38. The number of hydrogen-bond acceptors (Lipinski definition) is 4. The molecule has 0 radical (unpaired) electrons. The van der Waals surface area contributed by atoms with Crippen molar-refractivity contribution >= 4 is 34.5 Å². The second-order valence-corrected chi connectivity index (χ2v) is 7.25. The van der Waals surface area contributed by atoms with Crippen LogP contribution in [0.2, 0.25) is 5.02 Å². The van der Waals surface area contributed by atoms with E-state index < -0.39 is 0 Å². The monoisotopic (exact) mass is 446 g/mol. The number of halogens is 2. The first-order chi connectivity index (χ1) is 12.1. The molecule has 3 rings (SSSR count). The summed E-state index contributed by atoms with van der Waals surface area (Å²) < 4.78 is 11.4. The van der Waals surface area contributed by atoms with E-state index in [1.165, 1.54) is 0 Å². The molecule has 0 bridgehead atoms. The van der Waals surface area contributed by atoms with Gasteiger partial charge in [-0.3, -0.25) is 4.79 Å². The number of ether oxygens (including phenoxy) is 2. The highest BCUT2D eigenvalue weighted by Gasteiger charge is 2.26. The zero-order valence-corrected chi connectivity index (χ0v) is 18.0. The summed E-state index contributed by atoms with van der Waals surface area (Å²) in [5.41, 5.74) is 0.880. The van der Waals surface area contributed by atoms with Crippen molar-refractivity contribution in [3.05, 3.63) is 22.7 Å². The molecule has 1 saturated heterocycles. The number of amides is 1. The van der Waals surface area contributed by atoms with Gasteiger partial charge in [0, 0.05) is 19.0 Å². The third kappa shape index (κ3) is 5.05. The maximum Gasteiger partial charge on any atom is 0.227 e. The van der Waals surface area contributed by atoms with Gasteiger partial charge in [-0.15, -0.1) is 17.0 Å². The Morgan fingerprint density at radius 2 is 1.96 bits per heavy atom. The van der Waals surface area contributed by atoms with Gasteiger partial charge in [0.15, 0.2) is 11.5 Å². The standard InChI is InChI=1S/C19H27ClN2O3.BrH/c1-3-22(15-5-7-21(2)8-6-15)18(23)13-14-11-16(20)19-17(12-14)24-9-4-10-25-19;/h11-12,15H,3-10,13H2,1-2H3;1H. The molecular weight excluding hydrogens is 420 g/mol. The van der Waals surface area contributed by atoms with Crippen LogP contribution in [0, 0.1) is 0 Å². The number of fused-ring (bicyclic) bond motifs is 1. The number of nitrogens with zero attached hydrogens (tertiary/aromatic N) is 2. The Morgan fingerprint density at radius 3 is 2.65 bits per heavy atom. The Hall–Kier alpha value is -0.980. The van der Waals surface area contributed by atoms with E-state index in [2.05, 4.69) is 18.9 Å². The molecule has 0 unspecified atom stereocenters. The van der Waals surface area contributed by atoms with E-state index in [0.29, 0.717) is 42.2 Å². The van der Waals surface area contributed by atoms with Crippen LogP contribution in [0.1, 0.15) is 31.7 Å². The number of benzene rings is 1. The van der Waals surface area contributed by atoms with Crippen LogP contribution >= 0.6 is 28.6 Å². The van der Waals surface area contributed by atoms with Gasteiger partial charge in [0.2, 0.25) is 5.91 Å². The molecule has 0 saturated carbocycles. The van der Waals surface area contributed by atoms with Crippen molar-refractivity contribution < 1.29 is 14.3 Å². The van der Waals surface area contributed by atoms with E-state index in [-0.39, 0.29) is 22.9 Å². The van der Waals surface area contributed by atoms with Crippen molar-refractivity contribution in [3.63, 3.8) is 0 Å². The molecule has 2 aliphatic heterocycles. The van der Waals surface area contributed by atoms with E-state index >= 15 is 0 Å². The lowest BCUT2D eigenvalue weighted by Crippen LogP contribution is -2.46. The summed E-state index contributed by atoms with van der Waals surface area (Å²) in [6.07, 6.45) is 3.26. The van der Waals surface area contributed by atoms with E-state index in [1.54, 1.807) is 0 Å². The molecule has 1 amide bonds. The van der Waals surface area contributed by atoms with Crippen molar-refractivity contribution in [2.45, 2.75) is 38.6 Å². The quantitative estimate of drug-likeness (QED) is 0.708. The lowest BCUT2D eigenvalue weighted by Gasteiger charge is -2.37. The second-order valence-electron chi connectivity index (χ2n) is 6.85. The molecule has 5 nitrogen and oxygen atoms in total. The normalized spacial score (nSPS) is 18.0. The van der Waals surface area contributed by atoms with Crippen LogP contribution in [0.15, 0.2) is 12.1 Å². The van der Waals surface area contributed by atoms with Crippen molar-refractivity contribution in [3.8, 4) is 11.5 Å². The van der Waals surface area contributed by atoms with Crippen LogP contribution in [0.3, 0.4) is 0 Å². The second kappa shape index (κ2) is 9.81. The van der Waals surface area contributed by atoms with Crippen LogP contribution in [0.5, 0.6) is 11.5 Å². The molecule has 1 aromatic rings. The van der Waals surface area contributed by atoms with Gasteiger partial charge in [-0.1, -0.05) is 11.6 Å². The van der Waals surface area contributed by atoms with Crippen LogP contribution in [0.25, 0.3) is 0 Å². The van der Waals surface area contributed by atoms with E-state index in [1.807, 2.05) is 17.0 Å². The average Bonchev–Trinajstić information content (AvgIpc) is 2.83. The fraction of sp³-hybridized carbons (Fsp3) is 0.632. The molecule has 0 aliphatic carbocycles. The van der Waals surface area contributed by atoms with Crippen molar-refractivity contribution in [2.24, 2.45) is 0 Å². The van der Waals surface area contributed by atoms with Crippen LogP contribution in [0.4, 0.5) is 0 Å². The van der Waals surface area contributed by atoms with Gasteiger partial charge < -0.3 is 19.3 Å². The Labute approximate surface area is 171 Å². The number of likely N-dealkylation sites (N-methyl/N-ethyl adjacent to an activating group) is 1. The minimum Gasteiger partial charge on any atom is -0.489 e. The number of carbonyl (C=O) groups excluding carboxylic acids is 1. The molecule has 0 atom stereocenters. The van der Waals surface area contributed by atoms with Gasteiger partial charge in [-0.25, -0.2) is 0 Å². The Bertz CT molecular complexity index is 621. The van der Waals surface area contributed by atoms with E-state index in [4.69, 9.17) is 21.1 Å². The van der Waals surface area contributed by atoms with Crippen molar-refractivity contribution in [1.82, 2.24) is 9.80 Å². The number of piperidine rings is 1.